The average Bonchev–Trinajstić information content (AvgIpc) is 2.34. The number of methoxy groups -OCH3 is 2. The minimum Gasteiger partial charge on any atom is -0.493 e. The van der Waals surface area contributed by atoms with Crippen molar-refractivity contribution in [3.63, 3.8) is 0 Å². The number of hydrogen-bond acceptors (Lipinski definition) is 4. The molecule has 0 spiro atoms. The van der Waals surface area contributed by atoms with Crippen LogP contribution in [0.2, 0.25) is 0 Å². The van der Waals surface area contributed by atoms with Crippen molar-refractivity contribution in [3.05, 3.63) is 23.8 Å². The summed E-state index contributed by atoms with van der Waals surface area (Å²) in [5, 5.41) is 8.96. The summed E-state index contributed by atoms with van der Waals surface area (Å²) in [5.74, 6) is -1.42. The van der Waals surface area contributed by atoms with Gasteiger partial charge in [0.25, 0.3) is 0 Å². The molecule has 0 aliphatic carbocycles. The SMILES string of the molecule is COc1ccc(CC(C(C)=O)C(=O)O)cc1OC. The predicted octanol–water partition coefficient (Wildman–Crippen LogP) is 1.54. The van der Waals surface area contributed by atoms with Gasteiger partial charge in [-0.05, 0) is 31.0 Å². The second-order valence-electron chi connectivity index (χ2n) is 3.89. The highest BCUT2D eigenvalue weighted by Gasteiger charge is 2.23. The molecule has 1 rings (SSSR count). The third kappa shape index (κ3) is 3.23. The number of hydrogen-bond donors (Lipinski definition) is 1. The molecule has 1 aromatic carbocycles. The van der Waals surface area contributed by atoms with Gasteiger partial charge in [0.05, 0.1) is 14.2 Å². The molecule has 0 aliphatic rings. The quantitative estimate of drug-likeness (QED) is 0.777. The van der Waals surface area contributed by atoms with Crippen LogP contribution < -0.4 is 9.47 Å². The average molecular weight is 252 g/mol. The van der Waals surface area contributed by atoms with Crippen LogP contribution >= 0.6 is 0 Å². The Balaban J connectivity index is 2.97. The summed E-state index contributed by atoms with van der Waals surface area (Å²) < 4.78 is 10.2. The Morgan fingerprint density at radius 3 is 2.28 bits per heavy atom. The van der Waals surface area contributed by atoms with E-state index in [4.69, 9.17) is 14.6 Å². The first kappa shape index (κ1) is 14.0. The molecular formula is C13H16O5. The maximum Gasteiger partial charge on any atom is 0.314 e. The summed E-state index contributed by atoms with van der Waals surface area (Å²) >= 11 is 0. The van der Waals surface area contributed by atoms with Gasteiger partial charge in [-0.2, -0.15) is 0 Å². The standard InChI is InChI=1S/C13H16O5/c1-8(14)10(13(15)16)6-9-4-5-11(17-2)12(7-9)18-3/h4-5,7,10H,6H2,1-3H3,(H,15,16). The first-order valence-electron chi connectivity index (χ1n) is 5.43. The maximum atomic E-state index is 11.2. The van der Waals surface area contributed by atoms with E-state index in [0.717, 1.165) is 5.56 Å². The molecule has 0 bridgehead atoms. The Kier molecular flexibility index (Phi) is 4.71. The number of benzene rings is 1. The number of Topliss-reactive ketones (excluding diaryl/α,β-unsaturated/α-hetero) is 1. The van der Waals surface area contributed by atoms with E-state index >= 15 is 0 Å². The third-order valence-electron chi connectivity index (χ3n) is 2.68. The Morgan fingerprint density at radius 1 is 1.22 bits per heavy atom. The molecule has 0 saturated heterocycles. The van der Waals surface area contributed by atoms with Crippen molar-refractivity contribution in [1.29, 1.82) is 0 Å². The van der Waals surface area contributed by atoms with Gasteiger partial charge in [-0.15, -0.1) is 0 Å². The van der Waals surface area contributed by atoms with Crippen molar-refractivity contribution in [1.82, 2.24) is 0 Å². The fourth-order valence-corrected chi connectivity index (χ4v) is 1.65. The second-order valence-corrected chi connectivity index (χ2v) is 3.89. The Morgan fingerprint density at radius 2 is 1.83 bits per heavy atom. The summed E-state index contributed by atoms with van der Waals surface area (Å²) in [6, 6.07) is 5.09. The molecule has 0 aliphatic heterocycles. The fourth-order valence-electron chi connectivity index (χ4n) is 1.65. The number of rotatable bonds is 6. The molecule has 5 nitrogen and oxygen atoms in total. The highest BCUT2D eigenvalue weighted by atomic mass is 16.5. The zero-order chi connectivity index (χ0) is 13.7. The molecule has 0 radical (unpaired) electrons. The van der Waals surface area contributed by atoms with Crippen molar-refractivity contribution in [3.8, 4) is 11.5 Å². The van der Waals surface area contributed by atoms with Gasteiger partial charge in [0.15, 0.2) is 11.5 Å². The van der Waals surface area contributed by atoms with Gasteiger partial charge in [0.2, 0.25) is 0 Å². The molecule has 0 saturated carbocycles. The zero-order valence-corrected chi connectivity index (χ0v) is 10.6. The Bertz CT molecular complexity index is 439. The fraction of sp³-hybridized carbons (Fsp3) is 0.385. The number of carboxylic acid groups (broad SMARTS) is 1. The summed E-state index contributed by atoms with van der Waals surface area (Å²) in [6.45, 7) is 1.28. The topological polar surface area (TPSA) is 72.8 Å². The van der Waals surface area contributed by atoms with Gasteiger partial charge in [0, 0.05) is 0 Å². The van der Waals surface area contributed by atoms with Gasteiger partial charge in [-0.3, -0.25) is 9.59 Å². The maximum absolute atomic E-state index is 11.2. The molecule has 1 atom stereocenters. The molecule has 98 valence electrons. The van der Waals surface area contributed by atoms with Crippen LogP contribution in [0.1, 0.15) is 12.5 Å². The number of carbonyl (C=O) groups excluding carboxylic acids is 1. The number of carboxylic acids is 1. The van der Waals surface area contributed by atoms with Gasteiger partial charge < -0.3 is 14.6 Å². The largest absolute Gasteiger partial charge is 0.493 e. The highest BCUT2D eigenvalue weighted by molar-refractivity contribution is 5.97. The number of ketones is 1. The molecule has 1 N–H and O–H groups in total. The van der Waals surface area contributed by atoms with Crippen molar-refractivity contribution in [2.45, 2.75) is 13.3 Å². The van der Waals surface area contributed by atoms with Crippen molar-refractivity contribution >= 4 is 11.8 Å². The van der Waals surface area contributed by atoms with Crippen LogP contribution in [-0.2, 0) is 16.0 Å². The van der Waals surface area contributed by atoms with Crippen LogP contribution in [0.4, 0.5) is 0 Å². The minimum atomic E-state index is -1.11. The van der Waals surface area contributed by atoms with E-state index in [1.165, 1.54) is 21.1 Å². The highest BCUT2D eigenvalue weighted by Crippen LogP contribution is 2.28. The lowest BCUT2D eigenvalue weighted by Gasteiger charge is -2.12. The lowest BCUT2D eigenvalue weighted by atomic mass is 9.96. The van der Waals surface area contributed by atoms with E-state index in [1.54, 1.807) is 18.2 Å². The van der Waals surface area contributed by atoms with Crippen LogP contribution in [0, 0.1) is 5.92 Å². The third-order valence-corrected chi connectivity index (χ3v) is 2.68. The number of carbonyl (C=O) groups is 2. The van der Waals surface area contributed by atoms with Crippen LogP contribution in [0.3, 0.4) is 0 Å². The smallest absolute Gasteiger partial charge is 0.314 e. The van der Waals surface area contributed by atoms with Gasteiger partial charge in [-0.1, -0.05) is 6.07 Å². The van der Waals surface area contributed by atoms with Gasteiger partial charge >= 0.3 is 5.97 Å². The van der Waals surface area contributed by atoms with E-state index in [9.17, 15) is 9.59 Å². The molecule has 1 unspecified atom stereocenters. The lowest BCUT2D eigenvalue weighted by Crippen LogP contribution is -2.23. The molecule has 1 aromatic rings. The van der Waals surface area contributed by atoms with Crippen molar-refractivity contribution < 1.29 is 24.2 Å². The molecule has 0 aromatic heterocycles. The van der Waals surface area contributed by atoms with E-state index in [2.05, 4.69) is 0 Å². The number of ether oxygens (including phenoxy) is 2. The molecule has 0 amide bonds. The van der Waals surface area contributed by atoms with Crippen LogP contribution in [0.5, 0.6) is 11.5 Å². The summed E-state index contributed by atoms with van der Waals surface area (Å²) in [7, 11) is 3.02. The van der Waals surface area contributed by atoms with Crippen LogP contribution in [0.25, 0.3) is 0 Å². The van der Waals surface area contributed by atoms with Crippen LogP contribution in [0.15, 0.2) is 18.2 Å². The van der Waals surface area contributed by atoms with Crippen molar-refractivity contribution in [2.75, 3.05) is 14.2 Å². The lowest BCUT2D eigenvalue weighted by molar-refractivity contribution is -0.145. The monoisotopic (exact) mass is 252 g/mol. The van der Waals surface area contributed by atoms with Crippen LogP contribution in [-0.4, -0.2) is 31.1 Å². The molecule has 5 heteroatoms. The molecule has 0 heterocycles. The van der Waals surface area contributed by atoms with E-state index in [1.807, 2.05) is 0 Å². The molecular weight excluding hydrogens is 236 g/mol. The summed E-state index contributed by atoms with van der Waals surface area (Å²) in [5.41, 5.74) is 0.718. The normalized spacial score (nSPS) is 11.7. The minimum absolute atomic E-state index is 0.144. The summed E-state index contributed by atoms with van der Waals surface area (Å²) in [6.07, 6.45) is 0.144. The molecule has 0 fully saturated rings. The van der Waals surface area contributed by atoms with Crippen molar-refractivity contribution in [2.24, 2.45) is 5.92 Å². The predicted molar refractivity (Wildman–Crippen MR) is 65.1 cm³/mol. The first-order chi connectivity index (χ1) is 8.49. The zero-order valence-electron chi connectivity index (χ0n) is 10.6. The Hall–Kier alpha value is -2.04. The van der Waals surface area contributed by atoms with Gasteiger partial charge in [0.1, 0.15) is 11.7 Å². The second kappa shape index (κ2) is 6.05. The summed E-state index contributed by atoms with van der Waals surface area (Å²) in [4.78, 5) is 22.2. The van der Waals surface area contributed by atoms with Gasteiger partial charge in [-0.25, -0.2) is 0 Å². The number of aliphatic carboxylic acids is 1. The molecule has 18 heavy (non-hydrogen) atoms. The first-order valence-corrected chi connectivity index (χ1v) is 5.43. The Labute approximate surface area is 105 Å². The van der Waals surface area contributed by atoms with E-state index in [0.29, 0.717) is 11.5 Å². The van der Waals surface area contributed by atoms with E-state index in [-0.39, 0.29) is 12.2 Å². The van der Waals surface area contributed by atoms with E-state index < -0.39 is 11.9 Å².